The van der Waals surface area contributed by atoms with E-state index in [-0.39, 0.29) is 20.9 Å². The summed E-state index contributed by atoms with van der Waals surface area (Å²) in [6, 6.07) is 9.75. The molecule has 3 aromatic rings. The van der Waals surface area contributed by atoms with Crippen LogP contribution in [-0.4, -0.2) is 53.6 Å². The van der Waals surface area contributed by atoms with Gasteiger partial charge in [0.2, 0.25) is 0 Å². The fraction of sp³-hybridized carbons (Fsp3) is 0.200. The van der Waals surface area contributed by atoms with E-state index in [2.05, 4.69) is 20.4 Å². The Labute approximate surface area is 202 Å². The number of hydrogen-bond donors (Lipinski definition) is 2. The Balaban J connectivity index is 1.67. The number of anilines is 2. The second-order valence-corrected chi connectivity index (χ2v) is 8.73. The molecule has 0 unspecified atom stereocenters. The minimum Gasteiger partial charge on any atom is -0.476 e. The zero-order chi connectivity index (χ0) is 22.7. The normalized spacial score (nSPS) is 14.2. The molecular formula is C20H16Cl3N5O3S. The third-order valence-corrected chi connectivity index (χ3v) is 6.73. The van der Waals surface area contributed by atoms with Crippen molar-refractivity contribution in [1.29, 1.82) is 0 Å². The fourth-order valence-corrected chi connectivity index (χ4v) is 4.69. The summed E-state index contributed by atoms with van der Waals surface area (Å²) in [5.74, 6) is -1.33. The molecule has 0 spiro atoms. The van der Waals surface area contributed by atoms with Gasteiger partial charge in [-0.15, -0.1) is 0 Å². The number of nitrogens with zero attached hydrogens (tertiary/aromatic N) is 4. The molecule has 0 saturated carbocycles. The summed E-state index contributed by atoms with van der Waals surface area (Å²) in [4.78, 5) is 22.8. The maximum absolute atomic E-state index is 11.4. The van der Waals surface area contributed by atoms with E-state index >= 15 is 0 Å². The van der Waals surface area contributed by atoms with Crippen LogP contribution in [0.3, 0.4) is 0 Å². The Bertz CT molecular complexity index is 1170. The summed E-state index contributed by atoms with van der Waals surface area (Å²) in [6.45, 7) is 2.82. The maximum atomic E-state index is 11.4. The first kappa shape index (κ1) is 22.8. The number of carboxylic acid groups (broad SMARTS) is 1. The van der Waals surface area contributed by atoms with Gasteiger partial charge in [0.15, 0.2) is 16.0 Å². The van der Waals surface area contributed by atoms with Crippen molar-refractivity contribution in [3.8, 4) is 11.3 Å². The maximum Gasteiger partial charge on any atom is 0.356 e. The van der Waals surface area contributed by atoms with Crippen molar-refractivity contribution in [2.75, 3.05) is 36.6 Å². The zero-order valence-electron chi connectivity index (χ0n) is 16.4. The number of thiazole rings is 1. The van der Waals surface area contributed by atoms with Crippen molar-refractivity contribution in [1.82, 2.24) is 9.97 Å². The van der Waals surface area contributed by atoms with E-state index in [4.69, 9.17) is 44.5 Å². The fourth-order valence-electron chi connectivity index (χ4n) is 3.01. The Morgan fingerprint density at radius 3 is 2.56 bits per heavy atom. The highest BCUT2D eigenvalue weighted by Gasteiger charge is 2.21. The number of carbonyl (C=O) groups is 1. The smallest absolute Gasteiger partial charge is 0.356 e. The van der Waals surface area contributed by atoms with Crippen LogP contribution < -0.4 is 10.3 Å². The van der Waals surface area contributed by atoms with Crippen LogP contribution in [0.2, 0.25) is 15.2 Å². The first-order valence-electron chi connectivity index (χ1n) is 9.41. The molecule has 3 heterocycles. The molecule has 0 bridgehead atoms. The van der Waals surface area contributed by atoms with Crippen molar-refractivity contribution < 1.29 is 14.6 Å². The molecule has 32 heavy (non-hydrogen) atoms. The standard InChI is InChI=1S/C20H16Cl3N5O3S/c21-13-16(14(22)18(23)25-17(13)19(29)30)27-24-10-12-15(11-4-2-1-3-5-11)26-20(32-12)28-6-8-31-9-7-28/h1-5,10H,6-9H2,(H,25,27)(H,29,30)/b24-10+. The highest BCUT2D eigenvalue weighted by atomic mass is 35.5. The number of aromatic nitrogens is 2. The predicted octanol–water partition coefficient (Wildman–Crippen LogP) is 5.15. The molecule has 166 valence electrons. The molecule has 12 heteroatoms. The van der Waals surface area contributed by atoms with Gasteiger partial charge in [0.25, 0.3) is 0 Å². The van der Waals surface area contributed by atoms with Gasteiger partial charge in [-0.05, 0) is 0 Å². The Morgan fingerprint density at radius 1 is 1.16 bits per heavy atom. The van der Waals surface area contributed by atoms with Crippen LogP contribution in [0.15, 0.2) is 35.4 Å². The first-order chi connectivity index (χ1) is 15.5. The quantitative estimate of drug-likeness (QED) is 0.268. The largest absolute Gasteiger partial charge is 0.476 e. The summed E-state index contributed by atoms with van der Waals surface area (Å²) in [6.07, 6.45) is 1.59. The number of carboxylic acids is 1. The lowest BCUT2D eigenvalue weighted by molar-refractivity contribution is 0.0690. The lowest BCUT2D eigenvalue weighted by Gasteiger charge is -2.26. The van der Waals surface area contributed by atoms with Crippen LogP contribution in [0.4, 0.5) is 10.8 Å². The molecule has 1 aliphatic heterocycles. The minimum atomic E-state index is -1.33. The molecule has 8 nitrogen and oxygen atoms in total. The third-order valence-electron chi connectivity index (χ3n) is 4.57. The molecule has 1 saturated heterocycles. The molecule has 1 aromatic carbocycles. The molecule has 1 aliphatic rings. The van der Waals surface area contributed by atoms with Gasteiger partial charge in [-0.1, -0.05) is 76.5 Å². The molecule has 4 rings (SSSR count). The average molecular weight is 513 g/mol. The van der Waals surface area contributed by atoms with E-state index in [0.717, 1.165) is 34.4 Å². The molecular weight excluding hydrogens is 497 g/mol. The van der Waals surface area contributed by atoms with Crippen LogP contribution in [-0.2, 0) is 4.74 Å². The summed E-state index contributed by atoms with van der Waals surface area (Å²) in [5, 5.41) is 13.9. The topological polar surface area (TPSA) is 99.9 Å². The number of pyridine rings is 1. The summed E-state index contributed by atoms with van der Waals surface area (Å²) in [5.41, 5.74) is 4.05. The van der Waals surface area contributed by atoms with Gasteiger partial charge in [-0.3, -0.25) is 5.43 Å². The summed E-state index contributed by atoms with van der Waals surface area (Å²) >= 11 is 19.7. The SMILES string of the molecule is O=C(O)c1nc(Cl)c(Cl)c(N/N=C/c2sc(N3CCOCC3)nc2-c2ccccc2)c1Cl. The van der Waals surface area contributed by atoms with E-state index in [0.29, 0.717) is 13.2 Å². The summed E-state index contributed by atoms with van der Waals surface area (Å²) < 4.78 is 5.43. The Morgan fingerprint density at radius 2 is 1.88 bits per heavy atom. The van der Waals surface area contributed by atoms with Crippen molar-refractivity contribution in [2.45, 2.75) is 0 Å². The second kappa shape index (κ2) is 10.0. The number of ether oxygens (including phenoxy) is 1. The van der Waals surface area contributed by atoms with Crippen LogP contribution in [0, 0.1) is 0 Å². The number of halogens is 3. The van der Waals surface area contributed by atoms with E-state index < -0.39 is 11.7 Å². The Hall–Kier alpha value is -2.43. The molecule has 2 N–H and O–H groups in total. The number of rotatable bonds is 6. The molecule has 0 aliphatic carbocycles. The average Bonchev–Trinajstić information content (AvgIpc) is 3.23. The van der Waals surface area contributed by atoms with Crippen LogP contribution >= 0.6 is 46.1 Å². The zero-order valence-corrected chi connectivity index (χ0v) is 19.5. The van der Waals surface area contributed by atoms with Crippen LogP contribution in [0.25, 0.3) is 11.3 Å². The van der Waals surface area contributed by atoms with Crippen molar-refractivity contribution in [3.05, 3.63) is 56.1 Å². The molecule has 2 aromatic heterocycles. The lowest BCUT2D eigenvalue weighted by Crippen LogP contribution is -2.36. The van der Waals surface area contributed by atoms with Crippen LogP contribution in [0.5, 0.6) is 0 Å². The van der Waals surface area contributed by atoms with Crippen molar-refractivity contribution in [2.24, 2.45) is 5.10 Å². The second-order valence-electron chi connectivity index (χ2n) is 6.60. The van der Waals surface area contributed by atoms with Gasteiger partial charge in [-0.25, -0.2) is 14.8 Å². The molecule has 0 atom stereocenters. The van der Waals surface area contributed by atoms with Gasteiger partial charge in [0, 0.05) is 18.7 Å². The highest BCUT2D eigenvalue weighted by Crippen LogP contribution is 2.37. The van der Waals surface area contributed by atoms with Crippen molar-refractivity contribution in [3.63, 3.8) is 0 Å². The monoisotopic (exact) mass is 511 g/mol. The van der Waals surface area contributed by atoms with Gasteiger partial charge in [0.05, 0.1) is 35.7 Å². The third kappa shape index (κ3) is 4.82. The number of hydrazone groups is 1. The number of aromatic carboxylic acids is 1. The number of nitrogens with one attached hydrogen (secondary N) is 1. The molecule has 1 fully saturated rings. The Kier molecular flexibility index (Phi) is 7.12. The predicted molar refractivity (Wildman–Crippen MR) is 128 cm³/mol. The highest BCUT2D eigenvalue weighted by molar-refractivity contribution is 7.17. The molecule has 0 amide bonds. The van der Waals surface area contributed by atoms with E-state index in [1.807, 2.05) is 30.3 Å². The summed E-state index contributed by atoms with van der Waals surface area (Å²) in [7, 11) is 0. The number of benzene rings is 1. The van der Waals surface area contributed by atoms with Gasteiger partial charge in [0.1, 0.15) is 10.0 Å². The van der Waals surface area contributed by atoms with Crippen LogP contribution in [0.1, 0.15) is 15.4 Å². The van der Waals surface area contributed by atoms with Gasteiger partial charge >= 0.3 is 5.97 Å². The number of morpholine rings is 1. The van der Waals surface area contributed by atoms with E-state index in [1.165, 1.54) is 11.3 Å². The number of hydrogen-bond acceptors (Lipinski definition) is 8. The lowest BCUT2D eigenvalue weighted by atomic mass is 10.1. The minimum absolute atomic E-state index is 0.0274. The van der Waals surface area contributed by atoms with Gasteiger partial charge < -0.3 is 14.7 Å². The van der Waals surface area contributed by atoms with Crippen molar-refractivity contribution >= 4 is 69.1 Å². The van der Waals surface area contributed by atoms with Gasteiger partial charge in [-0.2, -0.15) is 5.10 Å². The first-order valence-corrected chi connectivity index (χ1v) is 11.4. The van der Waals surface area contributed by atoms with E-state index in [1.54, 1.807) is 6.21 Å². The van der Waals surface area contributed by atoms with E-state index in [9.17, 15) is 9.90 Å². The molecule has 0 radical (unpaired) electrons.